The molecule has 1 fully saturated rings. The fraction of sp³-hybridized carbons (Fsp3) is 0.714. The van der Waals surface area contributed by atoms with E-state index in [0.717, 1.165) is 41.6 Å². The molecule has 1 aliphatic carbocycles. The van der Waals surface area contributed by atoms with Gasteiger partial charge in [0.25, 0.3) is 0 Å². The van der Waals surface area contributed by atoms with Crippen molar-refractivity contribution in [2.24, 2.45) is 18.9 Å². The summed E-state index contributed by atoms with van der Waals surface area (Å²) in [5.74, 6) is 3.33. The van der Waals surface area contributed by atoms with Gasteiger partial charge in [0.05, 0.1) is 5.69 Å². The fourth-order valence-electron chi connectivity index (χ4n) is 2.95. The highest BCUT2D eigenvalue weighted by atomic mass is 35.5. The molecule has 104 valence electrons. The van der Waals surface area contributed by atoms with Crippen molar-refractivity contribution < 1.29 is 0 Å². The standard InChI is InChI=1S/C14H21ClN4/c1-9(11-4-5-11)8-19-12(6-7-15)16-13-10(2)17-18(3)14(13)19/h9,11H,4-8H2,1-3H3. The minimum Gasteiger partial charge on any atom is -0.313 e. The lowest BCUT2D eigenvalue weighted by atomic mass is 10.1. The Labute approximate surface area is 118 Å². The van der Waals surface area contributed by atoms with E-state index in [1.807, 2.05) is 18.7 Å². The fourth-order valence-corrected chi connectivity index (χ4v) is 3.12. The minimum atomic E-state index is 0.619. The van der Waals surface area contributed by atoms with Crippen molar-refractivity contribution in [2.75, 3.05) is 5.88 Å². The molecule has 2 heterocycles. The van der Waals surface area contributed by atoms with Crippen LogP contribution in [0.15, 0.2) is 0 Å². The molecule has 1 aliphatic rings. The molecule has 0 spiro atoms. The highest BCUT2D eigenvalue weighted by Gasteiger charge is 2.29. The second-order valence-corrected chi connectivity index (χ2v) is 6.15. The molecule has 1 saturated carbocycles. The predicted octanol–water partition coefficient (Wildman–Crippen LogP) is 2.91. The zero-order valence-electron chi connectivity index (χ0n) is 11.9. The first-order valence-electron chi connectivity index (χ1n) is 7.06. The number of imidazole rings is 1. The van der Waals surface area contributed by atoms with Gasteiger partial charge in [-0.1, -0.05) is 6.92 Å². The molecular weight excluding hydrogens is 260 g/mol. The first-order chi connectivity index (χ1) is 9.11. The summed E-state index contributed by atoms with van der Waals surface area (Å²) in [7, 11) is 2.00. The zero-order chi connectivity index (χ0) is 13.6. The normalized spacial score (nSPS) is 17.3. The average molecular weight is 281 g/mol. The number of alkyl halides is 1. The third-order valence-corrected chi connectivity index (χ3v) is 4.37. The van der Waals surface area contributed by atoms with E-state index in [1.54, 1.807) is 0 Å². The molecule has 0 bridgehead atoms. The van der Waals surface area contributed by atoms with Gasteiger partial charge >= 0.3 is 0 Å². The van der Waals surface area contributed by atoms with Gasteiger partial charge in [-0.2, -0.15) is 5.10 Å². The molecule has 0 aliphatic heterocycles. The van der Waals surface area contributed by atoms with Crippen LogP contribution in [0.1, 0.15) is 31.3 Å². The van der Waals surface area contributed by atoms with E-state index in [-0.39, 0.29) is 0 Å². The van der Waals surface area contributed by atoms with E-state index >= 15 is 0 Å². The zero-order valence-corrected chi connectivity index (χ0v) is 12.6. The minimum absolute atomic E-state index is 0.619. The summed E-state index contributed by atoms with van der Waals surface area (Å²) in [5.41, 5.74) is 3.18. The molecule has 1 atom stereocenters. The van der Waals surface area contributed by atoms with Crippen molar-refractivity contribution in [1.29, 1.82) is 0 Å². The third-order valence-electron chi connectivity index (χ3n) is 4.18. The number of aryl methyl sites for hydroxylation is 3. The van der Waals surface area contributed by atoms with Gasteiger partial charge in [-0.05, 0) is 31.6 Å². The van der Waals surface area contributed by atoms with E-state index in [0.29, 0.717) is 11.8 Å². The van der Waals surface area contributed by atoms with Crippen LogP contribution in [0.2, 0.25) is 0 Å². The van der Waals surface area contributed by atoms with E-state index in [2.05, 4.69) is 16.6 Å². The van der Waals surface area contributed by atoms with Gasteiger partial charge < -0.3 is 4.57 Å². The molecule has 4 nitrogen and oxygen atoms in total. The van der Waals surface area contributed by atoms with Crippen molar-refractivity contribution in [3.05, 3.63) is 11.5 Å². The molecule has 0 N–H and O–H groups in total. The Balaban J connectivity index is 2.04. The van der Waals surface area contributed by atoms with Crippen molar-refractivity contribution in [2.45, 2.75) is 39.7 Å². The Morgan fingerprint density at radius 1 is 1.42 bits per heavy atom. The topological polar surface area (TPSA) is 35.6 Å². The number of halogens is 1. The quantitative estimate of drug-likeness (QED) is 0.790. The molecule has 1 unspecified atom stereocenters. The molecule has 0 aromatic carbocycles. The summed E-state index contributed by atoms with van der Waals surface area (Å²) >= 11 is 5.92. The molecule has 0 amide bonds. The molecule has 5 heteroatoms. The van der Waals surface area contributed by atoms with Crippen LogP contribution in [0.5, 0.6) is 0 Å². The van der Waals surface area contributed by atoms with Crippen LogP contribution in [0.3, 0.4) is 0 Å². The molecule has 0 saturated heterocycles. The lowest BCUT2D eigenvalue weighted by molar-refractivity contribution is 0.425. The maximum Gasteiger partial charge on any atom is 0.158 e. The smallest absolute Gasteiger partial charge is 0.158 e. The Bertz CT molecular complexity index is 594. The molecule has 0 radical (unpaired) electrons. The second-order valence-electron chi connectivity index (χ2n) is 5.77. The van der Waals surface area contributed by atoms with Crippen molar-refractivity contribution >= 4 is 22.8 Å². The number of hydrogen-bond acceptors (Lipinski definition) is 2. The molecule has 3 rings (SSSR count). The third kappa shape index (κ3) is 2.27. The summed E-state index contributed by atoms with van der Waals surface area (Å²) in [6, 6.07) is 0. The lowest BCUT2D eigenvalue weighted by Crippen LogP contribution is -2.14. The first-order valence-corrected chi connectivity index (χ1v) is 7.60. The van der Waals surface area contributed by atoms with Crippen LogP contribution in [0.4, 0.5) is 0 Å². The maximum atomic E-state index is 5.92. The van der Waals surface area contributed by atoms with E-state index in [4.69, 9.17) is 16.6 Å². The molecule has 2 aromatic rings. The van der Waals surface area contributed by atoms with Crippen LogP contribution < -0.4 is 0 Å². The predicted molar refractivity (Wildman–Crippen MR) is 77.5 cm³/mol. The average Bonchev–Trinajstić information content (AvgIpc) is 3.09. The van der Waals surface area contributed by atoms with Crippen molar-refractivity contribution in [3.63, 3.8) is 0 Å². The SMILES string of the molecule is Cc1nn(C)c2c1nc(CCCl)n2CC(C)C1CC1. The number of nitrogens with zero attached hydrogens (tertiary/aromatic N) is 4. The Morgan fingerprint density at radius 2 is 2.16 bits per heavy atom. The molecule has 19 heavy (non-hydrogen) atoms. The summed E-state index contributed by atoms with van der Waals surface area (Å²) in [6.07, 6.45) is 3.59. The van der Waals surface area contributed by atoms with Crippen LogP contribution >= 0.6 is 11.6 Å². The lowest BCUT2D eigenvalue weighted by Gasteiger charge is -2.14. The molecule has 2 aromatic heterocycles. The van der Waals surface area contributed by atoms with Gasteiger partial charge in [0, 0.05) is 25.9 Å². The Hall–Kier alpha value is -1.03. The van der Waals surface area contributed by atoms with Gasteiger partial charge in [0.1, 0.15) is 11.3 Å². The monoisotopic (exact) mass is 280 g/mol. The van der Waals surface area contributed by atoms with Gasteiger partial charge in [0.15, 0.2) is 5.65 Å². The number of fused-ring (bicyclic) bond motifs is 1. The molecular formula is C14H21ClN4. The van der Waals surface area contributed by atoms with Gasteiger partial charge in [-0.3, -0.25) is 4.68 Å². The number of hydrogen-bond donors (Lipinski definition) is 0. The summed E-state index contributed by atoms with van der Waals surface area (Å²) in [4.78, 5) is 4.75. The van der Waals surface area contributed by atoms with E-state index in [1.165, 1.54) is 12.8 Å². The summed E-state index contributed by atoms with van der Waals surface area (Å²) in [6.45, 7) is 5.40. The first kappa shape index (κ1) is 13.0. The highest BCUT2D eigenvalue weighted by Crippen LogP contribution is 2.38. The summed E-state index contributed by atoms with van der Waals surface area (Å²) < 4.78 is 4.29. The van der Waals surface area contributed by atoms with Crippen molar-refractivity contribution in [3.8, 4) is 0 Å². The van der Waals surface area contributed by atoms with Crippen LogP contribution in [0, 0.1) is 18.8 Å². The largest absolute Gasteiger partial charge is 0.313 e. The van der Waals surface area contributed by atoms with Crippen molar-refractivity contribution in [1.82, 2.24) is 19.3 Å². The number of aromatic nitrogens is 4. The van der Waals surface area contributed by atoms with Crippen LogP contribution in [-0.4, -0.2) is 25.2 Å². The highest BCUT2D eigenvalue weighted by molar-refractivity contribution is 6.17. The van der Waals surface area contributed by atoms with Gasteiger partial charge in [0.2, 0.25) is 0 Å². The van der Waals surface area contributed by atoms with Gasteiger partial charge in [-0.15, -0.1) is 11.6 Å². The van der Waals surface area contributed by atoms with Crippen LogP contribution in [-0.2, 0) is 20.0 Å². The maximum absolute atomic E-state index is 5.92. The Kier molecular flexibility index (Phi) is 3.29. The Morgan fingerprint density at radius 3 is 2.79 bits per heavy atom. The number of rotatable bonds is 5. The summed E-state index contributed by atoms with van der Waals surface area (Å²) in [5, 5.41) is 4.48. The van der Waals surface area contributed by atoms with Crippen LogP contribution in [0.25, 0.3) is 11.2 Å². The van der Waals surface area contributed by atoms with E-state index < -0.39 is 0 Å². The van der Waals surface area contributed by atoms with E-state index in [9.17, 15) is 0 Å². The second kappa shape index (κ2) is 4.82. The van der Waals surface area contributed by atoms with Gasteiger partial charge in [-0.25, -0.2) is 4.98 Å².